The number of ether oxygens (including phenoxy) is 2. The summed E-state index contributed by atoms with van der Waals surface area (Å²) in [6, 6.07) is -0.753. The molecule has 1 rings (SSSR count). The predicted octanol–water partition coefficient (Wildman–Crippen LogP) is 2.54. The fourth-order valence-electron chi connectivity index (χ4n) is 2.87. The highest BCUT2D eigenvalue weighted by molar-refractivity contribution is 5.93. The number of nitrogens with two attached hydrogens (primary N) is 1. The van der Waals surface area contributed by atoms with Gasteiger partial charge in [-0.25, -0.2) is 4.79 Å². The van der Waals surface area contributed by atoms with Crippen molar-refractivity contribution in [2.45, 2.75) is 53.2 Å². The quantitative estimate of drug-likeness (QED) is 0.367. The monoisotopic (exact) mass is 404 g/mol. The van der Waals surface area contributed by atoms with Crippen molar-refractivity contribution in [2.24, 2.45) is 17.1 Å². The Morgan fingerprint density at radius 3 is 2.45 bits per heavy atom. The van der Waals surface area contributed by atoms with Crippen molar-refractivity contribution in [2.75, 3.05) is 7.11 Å². The van der Waals surface area contributed by atoms with E-state index in [2.05, 4.69) is 5.32 Å². The first-order valence-electron chi connectivity index (χ1n) is 9.53. The van der Waals surface area contributed by atoms with Crippen LogP contribution < -0.4 is 11.1 Å². The summed E-state index contributed by atoms with van der Waals surface area (Å²) in [6.07, 6.45) is 10.6. The smallest absolute Gasteiger partial charge is 0.373 e. The van der Waals surface area contributed by atoms with Crippen molar-refractivity contribution < 1.29 is 23.9 Å². The number of methoxy groups -OCH3 is 1. The Morgan fingerprint density at radius 1 is 1.31 bits per heavy atom. The van der Waals surface area contributed by atoms with Crippen LogP contribution in [0.15, 0.2) is 47.8 Å². The first-order valence-corrected chi connectivity index (χ1v) is 9.53. The molecule has 3 N–H and O–H groups in total. The molecule has 160 valence electrons. The number of carbonyl (C=O) groups is 3. The summed E-state index contributed by atoms with van der Waals surface area (Å²) >= 11 is 0. The molecule has 1 aliphatic rings. The van der Waals surface area contributed by atoms with Crippen LogP contribution in [0.25, 0.3) is 0 Å². The van der Waals surface area contributed by atoms with Crippen LogP contribution in [-0.2, 0) is 23.9 Å². The topological polar surface area (TPSA) is 108 Å². The highest BCUT2D eigenvalue weighted by Crippen LogP contribution is 2.22. The zero-order valence-corrected chi connectivity index (χ0v) is 18.0. The van der Waals surface area contributed by atoms with E-state index in [9.17, 15) is 14.4 Å². The molecule has 0 bridgehead atoms. The number of hydrogen-bond donors (Lipinski definition) is 2. The third kappa shape index (κ3) is 7.97. The van der Waals surface area contributed by atoms with Crippen molar-refractivity contribution in [3.63, 3.8) is 0 Å². The van der Waals surface area contributed by atoms with Gasteiger partial charge in [-0.2, -0.15) is 0 Å². The number of allylic oxidation sites excluding steroid dienone is 4. The second-order valence-corrected chi connectivity index (χ2v) is 8.15. The van der Waals surface area contributed by atoms with E-state index < -0.39 is 29.2 Å². The first kappa shape index (κ1) is 24.2. The van der Waals surface area contributed by atoms with Gasteiger partial charge < -0.3 is 20.5 Å². The molecule has 29 heavy (non-hydrogen) atoms. The molecule has 0 aromatic carbocycles. The highest BCUT2D eigenvalue weighted by Gasteiger charge is 2.30. The zero-order chi connectivity index (χ0) is 22.2. The van der Waals surface area contributed by atoms with Crippen molar-refractivity contribution >= 4 is 17.8 Å². The van der Waals surface area contributed by atoms with Gasteiger partial charge in [0.25, 0.3) is 0 Å². The second-order valence-electron chi connectivity index (χ2n) is 8.15. The van der Waals surface area contributed by atoms with E-state index in [-0.39, 0.29) is 17.8 Å². The fraction of sp³-hybridized carbons (Fsp3) is 0.500. The summed E-state index contributed by atoms with van der Waals surface area (Å²) in [6.45, 7) is 9.39. The minimum Gasteiger partial charge on any atom is -0.490 e. The molecule has 7 nitrogen and oxygen atoms in total. The lowest BCUT2D eigenvalue weighted by molar-refractivity contribution is -0.151. The van der Waals surface area contributed by atoms with Gasteiger partial charge in [0.05, 0.1) is 7.11 Å². The van der Waals surface area contributed by atoms with E-state index in [1.165, 1.54) is 13.2 Å². The zero-order valence-electron chi connectivity index (χ0n) is 18.0. The first-order chi connectivity index (χ1) is 13.5. The molecule has 0 fully saturated rings. The summed E-state index contributed by atoms with van der Waals surface area (Å²) in [5.74, 6) is -1.15. The van der Waals surface area contributed by atoms with Crippen LogP contribution >= 0.6 is 0 Å². The van der Waals surface area contributed by atoms with Gasteiger partial charge in [-0.3, -0.25) is 9.59 Å². The maximum absolute atomic E-state index is 12.0. The van der Waals surface area contributed by atoms with Crippen molar-refractivity contribution in [3.05, 3.63) is 47.8 Å². The van der Waals surface area contributed by atoms with Gasteiger partial charge in [0.1, 0.15) is 12.1 Å². The van der Waals surface area contributed by atoms with Gasteiger partial charge in [0, 0.05) is 18.4 Å². The van der Waals surface area contributed by atoms with Crippen LogP contribution in [0.2, 0.25) is 0 Å². The SMILES string of the molecule is COC1=CC[C@@H]([C@@H](C)C=C(C)C=CC=CC(=O)NC(C(N)=O)C(C)(C)C)OC1=O. The van der Waals surface area contributed by atoms with Crippen molar-refractivity contribution in [1.82, 2.24) is 5.32 Å². The van der Waals surface area contributed by atoms with Crippen LogP contribution in [-0.4, -0.2) is 37.0 Å². The molecule has 0 saturated carbocycles. The Kier molecular flexibility index (Phi) is 8.88. The van der Waals surface area contributed by atoms with Gasteiger partial charge in [-0.1, -0.05) is 57.6 Å². The molecule has 7 heteroatoms. The molecular weight excluding hydrogens is 372 g/mol. The molecule has 0 aromatic rings. The van der Waals surface area contributed by atoms with Gasteiger partial charge >= 0.3 is 5.97 Å². The number of cyclic esters (lactones) is 1. The third-order valence-corrected chi connectivity index (χ3v) is 4.48. The largest absolute Gasteiger partial charge is 0.490 e. The minimum absolute atomic E-state index is 0.0219. The number of esters is 1. The lowest BCUT2D eigenvalue weighted by Gasteiger charge is -2.28. The Labute approximate surface area is 172 Å². The molecule has 1 unspecified atom stereocenters. The van der Waals surface area contributed by atoms with Gasteiger partial charge in [0.2, 0.25) is 11.8 Å². The molecule has 0 spiro atoms. The highest BCUT2D eigenvalue weighted by atomic mass is 16.6. The maximum atomic E-state index is 12.0. The average Bonchev–Trinajstić information content (AvgIpc) is 2.61. The number of primary amides is 1. The van der Waals surface area contributed by atoms with Gasteiger partial charge in [-0.15, -0.1) is 0 Å². The standard InChI is InChI=1S/C22H32N2O5/c1-14(13-15(2)16-11-12-17(28-6)21(27)29-16)9-7-8-10-18(25)24-19(20(23)26)22(3,4)5/h7-10,12-13,15-16,19H,11H2,1-6H3,(H2,23,26)(H,24,25)/t15-,16-,19?/m0/s1. The van der Waals surface area contributed by atoms with E-state index in [0.29, 0.717) is 6.42 Å². The summed E-state index contributed by atoms with van der Waals surface area (Å²) in [5.41, 5.74) is 5.85. The van der Waals surface area contributed by atoms with Crippen LogP contribution in [0.1, 0.15) is 41.0 Å². The molecule has 0 aromatic heterocycles. The van der Waals surface area contributed by atoms with E-state index in [1.54, 1.807) is 18.2 Å². The van der Waals surface area contributed by atoms with Gasteiger partial charge in [0.15, 0.2) is 5.76 Å². The Balaban J connectivity index is 2.62. The Hall–Kier alpha value is -2.83. The molecular formula is C22H32N2O5. The molecule has 1 heterocycles. The fourth-order valence-corrected chi connectivity index (χ4v) is 2.87. The number of nitrogens with one attached hydrogen (secondary N) is 1. The third-order valence-electron chi connectivity index (χ3n) is 4.48. The lowest BCUT2D eigenvalue weighted by atomic mass is 9.86. The molecule has 1 aliphatic heterocycles. The average molecular weight is 405 g/mol. The molecule has 3 atom stereocenters. The number of amides is 2. The predicted molar refractivity (Wildman–Crippen MR) is 111 cm³/mol. The van der Waals surface area contributed by atoms with E-state index in [1.807, 2.05) is 46.8 Å². The summed E-state index contributed by atoms with van der Waals surface area (Å²) in [7, 11) is 1.44. The Bertz CT molecular complexity index is 741. The van der Waals surface area contributed by atoms with Crippen LogP contribution in [0, 0.1) is 11.3 Å². The van der Waals surface area contributed by atoms with Crippen LogP contribution in [0.3, 0.4) is 0 Å². The van der Waals surface area contributed by atoms with Gasteiger partial charge in [-0.05, 0) is 18.4 Å². The molecule has 0 aliphatic carbocycles. The van der Waals surface area contributed by atoms with E-state index in [0.717, 1.165) is 5.57 Å². The lowest BCUT2D eigenvalue weighted by Crippen LogP contribution is -2.51. The minimum atomic E-state index is -0.753. The second kappa shape index (κ2) is 10.6. The molecule has 0 radical (unpaired) electrons. The maximum Gasteiger partial charge on any atom is 0.373 e. The van der Waals surface area contributed by atoms with Crippen LogP contribution in [0.4, 0.5) is 0 Å². The molecule has 2 amide bonds. The normalized spacial score (nSPS) is 20.2. The summed E-state index contributed by atoms with van der Waals surface area (Å²) < 4.78 is 10.3. The number of rotatable bonds is 8. The summed E-state index contributed by atoms with van der Waals surface area (Å²) in [5, 5.41) is 2.62. The van der Waals surface area contributed by atoms with Crippen molar-refractivity contribution in [3.8, 4) is 0 Å². The van der Waals surface area contributed by atoms with E-state index >= 15 is 0 Å². The summed E-state index contributed by atoms with van der Waals surface area (Å²) in [4.78, 5) is 35.3. The van der Waals surface area contributed by atoms with Crippen molar-refractivity contribution in [1.29, 1.82) is 0 Å². The van der Waals surface area contributed by atoms with E-state index in [4.69, 9.17) is 15.2 Å². The van der Waals surface area contributed by atoms with Crippen LogP contribution in [0.5, 0.6) is 0 Å². The number of carbonyl (C=O) groups excluding carboxylic acids is 3. The number of hydrogen-bond acceptors (Lipinski definition) is 5. The Morgan fingerprint density at radius 2 is 1.93 bits per heavy atom. The molecule has 0 saturated heterocycles.